The maximum Gasteiger partial charge on any atom is 0.325 e. The van der Waals surface area contributed by atoms with E-state index in [0.29, 0.717) is 5.92 Å². The van der Waals surface area contributed by atoms with Crippen LogP contribution in [-0.4, -0.2) is 61.0 Å². The van der Waals surface area contributed by atoms with Crippen LogP contribution in [0, 0.1) is 19.8 Å². The molecular formula is C22H32N2O6S. The minimum atomic E-state index is -4.00. The van der Waals surface area contributed by atoms with Crippen LogP contribution in [0.2, 0.25) is 0 Å². The standard InChI is InChI=1S/C22H32N2O6S/c1-14-8-9-18(10-16(14)3)31(28,29)24-12-17(25)11-20(24)22(27)30-13-21(26)23-19-7-5-4-6-15(19)2/h8-10,15,17,19-20,25H,4-7,11-13H2,1-3H3,(H,23,26)/t15?,17?,19?,20-/m0/s1. The van der Waals surface area contributed by atoms with Crippen LogP contribution in [0.1, 0.15) is 50.2 Å². The van der Waals surface area contributed by atoms with Gasteiger partial charge in [0, 0.05) is 19.0 Å². The number of aryl methyl sites for hydroxylation is 2. The van der Waals surface area contributed by atoms with E-state index in [1.165, 1.54) is 6.07 Å². The molecule has 2 aliphatic rings. The Morgan fingerprint density at radius 2 is 1.90 bits per heavy atom. The molecule has 3 unspecified atom stereocenters. The van der Waals surface area contributed by atoms with E-state index in [9.17, 15) is 23.1 Å². The van der Waals surface area contributed by atoms with E-state index < -0.39 is 40.7 Å². The van der Waals surface area contributed by atoms with E-state index in [1.807, 2.05) is 13.8 Å². The molecule has 4 atom stereocenters. The van der Waals surface area contributed by atoms with Crippen molar-refractivity contribution in [3.05, 3.63) is 29.3 Å². The first kappa shape index (κ1) is 23.7. The molecule has 2 fully saturated rings. The predicted octanol–water partition coefficient (Wildman–Crippen LogP) is 1.67. The number of nitrogens with zero attached hydrogens (tertiary/aromatic N) is 1. The smallest absolute Gasteiger partial charge is 0.325 e. The van der Waals surface area contributed by atoms with Crippen LogP contribution >= 0.6 is 0 Å². The summed E-state index contributed by atoms with van der Waals surface area (Å²) in [6, 6.07) is 3.65. The van der Waals surface area contributed by atoms with Crippen molar-refractivity contribution in [3.8, 4) is 0 Å². The SMILES string of the molecule is Cc1ccc(S(=O)(=O)N2CC(O)C[C@H]2C(=O)OCC(=O)NC2CCCCC2C)cc1C. The van der Waals surface area contributed by atoms with Crippen LogP contribution in [0.3, 0.4) is 0 Å². The van der Waals surface area contributed by atoms with Crippen LogP contribution in [0.15, 0.2) is 23.1 Å². The normalized spacial score (nSPS) is 27.1. The van der Waals surface area contributed by atoms with E-state index >= 15 is 0 Å². The van der Waals surface area contributed by atoms with Crippen LogP contribution < -0.4 is 5.32 Å². The summed E-state index contributed by atoms with van der Waals surface area (Å²) in [6.45, 7) is 5.12. The lowest BCUT2D eigenvalue weighted by molar-refractivity contribution is -0.152. The zero-order chi connectivity index (χ0) is 22.8. The largest absolute Gasteiger partial charge is 0.454 e. The number of aliphatic hydroxyl groups is 1. The number of aliphatic hydroxyl groups excluding tert-OH is 1. The minimum Gasteiger partial charge on any atom is -0.454 e. The first-order valence-corrected chi connectivity index (χ1v) is 12.3. The molecule has 1 heterocycles. The highest BCUT2D eigenvalue weighted by Gasteiger charge is 2.44. The Balaban J connectivity index is 1.65. The van der Waals surface area contributed by atoms with Crippen molar-refractivity contribution < 1.29 is 27.9 Å². The number of sulfonamides is 1. The van der Waals surface area contributed by atoms with Crippen LogP contribution in [0.4, 0.5) is 0 Å². The van der Waals surface area contributed by atoms with Crippen molar-refractivity contribution in [3.63, 3.8) is 0 Å². The van der Waals surface area contributed by atoms with E-state index in [4.69, 9.17) is 4.74 Å². The van der Waals surface area contributed by atoms with Crippen molar-refractivity contribution in [1.82, 2.24) is 9.62 Å². The van der Waals surface area contributed by atoms with Gasteiger partial charge in [-0.3, -0.25) is 9.59 Å². The second kappa shape index (κ2) is 9.67. The van der Waals surface area contributed by atoms with Gasteiger partial charge >= 0.3 is 5.97 Å². The van der Waals surface area contributed by atoms with E-state index in [1.54, 1.807) is 12.1 Å². The average molecular weight is 453 g/mol. The molecule has 1 saturated carbocycles. The van der Waals surface area contributed by atoms with Gasteiger partial charge in [-0.15, -0.1) is 0 Å². The number of carbonyl (C=O) groups excluding carboxylic acids is 2. The Kier molecular flexibility index (Phi) is 7.39. The molecule has 1 saturated heterocycles. The first-order valence-electron chi connectivity index (χ1n) is 10.8. The lowest BCUT2D eigenvalue weighted by atomic mass is 9.86. The molecule has 2 N–H and O–H groups in total. The van der Waals surface area contributed by atoms with Crippen LogP contribution in [-0.2, 0) is 24.3 Å². The van der Waals surface area contributed by atoms with Crippen molar-refractivity contribution in [2.75, 3.05) is 13.2 Å². The molecule has 3 rings (SSSR count). The van der Waals surface area contributed by atoms with Crippen molar-refractivity contribution in [2.45, 2.75) is 76.0 Å². The number of amides is 1. The van der Waals surface area contributed by atoms with Crippen molar-refractivity contribution in [1.29, 1.82) is 0 Å². The number of rotatable bonds is 6. The highest BCUT2D eigenvalue weighted by atomic mass is 32.2. The third kappa shape index (κ3) is 5.45. The van der Waals surface area contributed by atoms with Crippen LogP contribution in [0.5, 0.6) is 0 Å². The van der Waals surface area contributed by atoms with E-state index in [0.717, 1.165) is 41.1 Å². The molecule has 1 aromatic carbocycles. The van der Waals surface area contributed by atoms with Gasteiger partial charge in [0.15, 0.2) is 6.61 Å². The molecule has 0 bridgehead atoms. The summed E-state index contributed by atoms with van der Waals surface area (Å²) in [7, 11) is -4.00. The van der Waals surface area contributed by atoms with Gasteiger partial charge in [-0.2, -0.15) is 4.31 Å². The Labute approximate surface area is 184 Å². The number of hydrogen-bond acceptors (Lipinski definition) is 6. The number of nitrogens with one attached hydrogen (secondary N) is 1. The number of ether oxygens (including phenoxy) is 1. The molecule has 1 aliphatic carbocycles. The minimum absolute atomic E-state index is 0.0616. The fraction of sp³-hybridized carbons (Fsp3) is 0.636. The van der Waals surface area contributed by atoms with E-state index in [2.05, 4.69) is 12.2 Å². The Morgan fingerprint density at radius 3 is 2.58 bits per heavy atom. The number of carbonyl (C=O) groups is 2. The molecule has 1 aromatic rings. The van der Waals surface area contributed by atoms with Gasteiger partial charge in [0.2, 0.25) is 10.0 Å². The summed E-state index contributed by atoms with van der Waals surface area (Å²) in [5, 5.41) is 13.0. The Bertz CT molecular complexity index is 932. The predicted molar refractivity (Wildman–Crippen MR) is 115 cm³/mol. The first-order chi connectivity index (χ1) is 14.6. The Morgan fingerprint density at radius 1 is 1.19 bits per heavy atom. The summed E-state index contributed by atoms with van der Waals surface area (Å²) in [6.07, 6.45) is 3.12. The number of benzene rings is 1. The molecule has 31 heavy (non-hydrogen) atoms. The fourth-order valence-corrected chi connectivity index (χ4v) is 6.00. The van der Waals surface area contributed by atoms with Gasteiger partial charge in [-0.25, -0.2) is 8.42 Å². The summed E-state index contributed by atoms with van der Waals surface area (Å²) in [5.74, 6) is -0.845. The molecular weight excluding hydrogens is 420 g/mol. The molecule has 8 nitrogen and oxygen atoms in total. The zero-order valence-electron chi connectivity index (χ0n) is 18.3. The molecule has 0 spiro atoms. The van der Waals surface area contributed by atoms with Gasteiger partial charge < -0.3 is 15.2 Å². The summed E-state index contributed by atoms with van der Waals surface area (Å²) in [4.78, 5) is 24.9. The molecule has 1 aliphatic heterocycles. The fourth-order valence-electron chi connectivity index (χ4n) is 4.29. The van der Waals surface area contributed by atoms with Gasteiger partial charge in [-0.1, -0.05) is 25.8 Å². The van der Waals surface area contributed by atoms with Crippen molar-refractivity contribution in [2.24, 2.45) is 5.92 Å². The molecule has 0 radical (unpaired) electrons. The number of β-amino-alcohol motifs (C(OH)–C–C–N with tert-alkyl or cyclic N) is 1. The lowest BCUT2D eigenvalue weighted by Gasteiger charge is -2.29. The number of esters is 1. The quantitative estimate of drug-likeness (QED) is 0.635. The summed E-state index contributed by atoms with van der Waals surface area (Å²) < 4.78 is 32.4. The maximum absolute atomic E-state index is 13.1. The summed E-state index contributed by atoms with van der Waals surface area (Å²) in [5.41, 5.74) is 1.77. The van der Waals surface area contributed by atoms with Crippen LogP contribution in [0.25, 0.3) is 0 Å². The van der Waals surface area contributed by atoms with E-state index in [-0.39, 0.29) is 23.9 Å². The Hall–Kier alpha value is -1.97. The average Bonchev–Trinajstić information content (AvgIpc) is 3.12. The number of hydrogen-bond donors (Lipinski definition) is 2. The molecule has 1 amide bonds. The molecule has 9 heteroatoms. The third-order valence-corrected chi connectivity index (χ3v) is 8.26. The van der Waals surface area contributed by atoms with Gasteiger partial charge in [0.05, 0.1) is 11.0 Å². The highest BCUT2D eigenvalue weighted by molar-refractivity contribution is 7.89. The third-order valence-electron chi connectivity index (χ3n) is 6.39. The zero-order valence-corrected chi connectivity index (χ0v) is 19.2. The van der Waals surface area contributed by atoms with Gasteiger partial charge in [0.25, 0.3) is 5.91 Å². The second-order valence-corrected chi connectivity index (χ2v) is 10.7. The summed E-state index contributed by atoms with van der Waals surface area (Å²) >= 11 is 0. The lowest BCUT2D eigenvalue weighted by Crippen LogP contribution is -2.45. The second-order valence-electron chi connectivity index (χ2n) is 8.77. The van der Waals surface area contributed by atoms with Gasteiger partial charge in [-0.05, 0) is 55.9 Å². The molecule has 172 valence electrons. The highest BCUT2D eigenvalue weighted by Crippen LogP contribution is 2.28. The van der Waals surface area contributed by atoms with Gasteiger partial charge in [0.1, 0.15) is 6.04 Å². The topological polar surface area (TPSA) is 113 Å². The maximum atomic E-state index is 13.1. The monoisotopic (exact) mass is 452 g/mol. The molecule has 0 aromatic heterocycles. The van der Waals surface area contributed by atoms with Crippen molar-refractivity contribution >= 4 is 21.9 Å².